The minimum atomic E-state index is -0.401. The van der Waals surface area contributed by atoms with Crippen molar-refractivity contribution in [2.45, 2.75) is 57.8 Å². The largest absolute Gasteiger partial charge is 0.494 e. The van der Waals surface area contributed by atoms with E-state index in [1.54, 1.807) is 12.1 Å². The average molecular weight is 524 g/mol. The van der Waals surface area contributed by atoms with Crippen LogP contribution in [-0.2, 0) is 0 Å². The Bertz CT molecular complexity index is 914. The Balaban J connectivity index is 0.000000212. The van der Waals surface area contributed by atoms with E-state index >= 15 is 0 Å². The minimum absolute atomic E-state index is 0.1000. The van der Waals surface area contributed by atoms with Gasteiger partial charge in [0, 0.05) is 25.2 Å². The van der Waals surface area contributed by atoms with E-state index in [-0.39, 0.29) is 5.69 Å². The van der Waals surface area contributed by atoms with Crippen molar-refractivity contribution in [3.05, 3.63) is 76.9 Å². The standard InChI is InChI=1S/C16H23NO.C15H22N2O3/c1-4-10-16(11-5-1)18-15-9-3-8-14-17-12-6-2-7-13-17;18-17(19)14-6-8-15(9-7-14)20-13-5-1-2-10-16-11-3-4-12-16/h1-2,4-6,10-11H,3,7-9,12-15H2;6-9H,1-5,10-13H2. The zero-order chi connectivity index (χ0) is 26.7. The van der Waals surface area contributed by atoms with Crippen LogP contribution in [0, 0.1) is 10.1 Å². The predicted molar refractivity (Wildman–Crippen MR) is 154 cm³/mol. The second-order valence-corrected chi connectivity index (χ2v) is 9.99. The fourth-order valence-electron chi connectivity index (χ4n) is 4.69. The molecule has 2 aromatic carbocycles. The summed E-state index contributed by atoms with van der Waals surface area (Å²) in [4.78, 5) is 15.2. The Morgan fingerprint density at radius 1 is 0.684 bits per heavy atom. The molecule has 2 heterocycles. The molecule has 0 amide bonds. The van der Waals surface area contributed by atoms with Gasteiger partial charge in [0.1, 0.15) is 11.5 Å². The summed E-state index contributed by atoms with van der Waals surface area (Å²) < 4.78 is 11.2. The highest BCUT2D eigenvalue weighted by atomic mass is 16.6. The number of hydrogen-bond donors (Lipinski definition) is 0. The number of para-hydroxylation sites is 1. The van der Waals surface area contributed by atoms with Crippen LogP contribution in [0.2, 0.25) is 0 Å². The molecule has 2 aliphatic rings. The number of nitro benzene ring substituents is 1. The monoisotopic (exact) mass is 523 g/mol. The van der Waals surface area contributed by atoms with Crippen molar-refractivity contribution in [1.29, 1.82) is 0 Å². The summed E-state index contributed by atoms with van der Waals surface area (Å²) in [5.74, 6) is 1.69. The summed E-state index contributed by atoms with van der Waals surface area (Å²) >= 11 is 0. The summed E-state index contributed by atoms with van der Waals surface area (Å²) in [5.41, 5.74) is 0.1000. The van der Waals surface area contributed by atoms with Gasteiger partial charge in [-0.15, -0.1) is 0 Å². The zero-order valence-corrected chi connectivity index (χ0v) is 22.8. The second kappa shape index (κ2) is 18.4. The van der Waals surface area contributed by atoms with Crippen molar-refractivity contribution in [1.82, 2.24) is 9.80 Å². The molecule has 1 saturated heterocycles. The van der Waals surface area contributed by atoms with Crippen molar-refractivity contribution in [3.63, 3.8) is 0 Å². The summed E-state index contributed by atoms with van der Waals surface area (Å²) in [6, 6.07) is 16.3. The number of ether oxygens (including phenoxy) is 2. The van der Waals surface area contributed by atoms with E-state index in [2.05, 4.69) is 22.0 Å². The molecule has 0 atom stereocenters. The van der Waals surface area contributed by atoms with Gasteiger partial charge in [-0.25, -0.2) is 0 Å². The van der Waals surface area contributed by atoms with Gasteiger partial charge >= 0.3 is 0 Å². The molecule has 38 heavy (non-hydrogen) atoms. The Labute approximate surface area is 228 Å². The molecule has 0 saturated carbocycles. The first-order chi connectivity index (χ1) is 18.7. The number of benzene rings is 2. The van der Waals surface area contributed by atoms with Crippen LogP contribution in [-0.4, -0.2) is 67.2 Å². The molecule has 1 fully saturated rings. The van der Waals surface area contributed by atoms with Gasteiger partial charge in [0.05, 0.1) is 18.1 Å². The van der Waals surface area contributed by atoms with Gasteiger partial charge in [0.15, 0.2) is 0 Å². The zero-order valence-electron chi connectivity index (χ0n) is 22.8. The smallest absolute Gasteiger partial charge is 0.269 e. The van der Waals surface area contributed by atoms with Crippen LogP contribution in [0.25, 0.3) is 0 Å². The first kappa shape index (κ1) is 29.7. The SMILES string of the molecule is C1=CCN(CCCCCOc2ccccc2)CC1.O=[N+]([O-])c1ccc(OCCCCCN2CCCC2)cc1. The lowest BCUT2D eigenvalue weighted by Gasteiger charge is -2.22. The number of unbranched alkanes of at least 4 members (excludes halogenated alkanes) is 4. The molecule has 208 valence electrons. The van der Waals surface area contributed by atoms with Crippen molar-refractivity contribution in [2.24, 2.45) is 0 Å². The maximum atomic E-state index is 10.5. The molecule has 0 aliphatic carbocycles. The number of nitrogens with zero attached hydrogens (tertiary/aromatic N) is 3. The molecule has 4 rings (SSSR count). The van der Waals surface area contributed by atoms with Crippen molar-refractivity contribution < 1.29 is 14.4 Å². The lowest BCUT2D eigenvalue weighted by Crippen LogP contribution is -2.28. The van der Waals surface area contributed by atoms with E-state index in [0.717, 1.165) is 31.7 Å². The van der Waals surface area contributed by atoms with E-state index in [4.69, 9.17) is 9.47 Å². The van der Waals surface area contributed by atoms with E-state index in [9.17, 15) is 10.1 Å². The molecule has 7 heteroatoms. The van der Waals surface area contributed by atoms with Crippen LogP contribution in [0.1, 0.15) is 57.8 Å². The average Bonchev–Trinajstić information content (AvgIpc) is 3.48. The van der Waals surface area contributed by atoms with E-state index in [1.165, 1.54) is 89.8 Å². The molecule has 0 aromatic heterocycles. The molecule has 0 bridgehead atoms. The van der Waals surface area contributed by atoms with Crippen LogP contribution < -0.4 is 9.47 Å². The van der Waals surface area contributed by atoms with Gasteiger partial charge in [-0.3, -0.25) is 15.0 Å². The predicted octanol–water partition coefficient (Wildman–Crippen LogP) is 6.74. The number of non-ortho nitro benzene ring substituents is 1. The normalized spacial score (nSPS) is 15.6. The van der Waals surface area contributed by atoms with E-state index in [1.807, 2.05) is 30.3 Å². The Kier molecular flexibility index (Phi) is 14.3. The molecule has 0 N–H and O–H groups in total. The van der Waals surface area contributed by atoms with Gasteiger partial charge in [0.25, 0.3) is 5.69 Å². The van der Waals surface area contributed by atoms with Crippen LogP contribution in [0.3, 0.4) is 0 Å². The first-order valence-corrected chi connectivity index (χ1v) is 14.4. The van der Waals surface area contributed by atoms with E-state index < -0.39 is 4.92 Å². The third-order valence-corrected chi connectivity index (χ3v) is 6.91. The fourth-order valence-corrected chi connectivity index (χ4v) is 4.69. The maximum Gasteiger partial charge on any atom is 0.269 e. The lowest BCUT2D eigenvalue weighted by molar-refractivity contribution is -0.384. The van der Waals surface area contributed by atoms with Gasteiger partial charge in [0.2, 0.25) is 0 Å². The van der Waals surface area contributed by atoms with Gasteiger partial charge < -0.3 is 14.4 Å². The summed E-state index contributed by atoms with van der Waals surface area (Å²) in [5, 5.41) is 10.5. The van der Waals surface area contributed by atoms with Gasteiger partial charge in [-0.1, -0.05) is 30.4 Å². The molecule has 7 nitrogen and oxygen atoms in total. The Morgan fingerprint density at radius 3 is 1.87 bits per heavy atom. The highest BCUT2D eigenvalue weighted by Gasteiger charge is 2.10. The van der Waals surface area contributed by atoms with E-state index in [0.29, 0.717) is 12.4 Å². The molecule has 0 radical (unpaired) electrons. The van der Waals surface area contributed by atoms with Crippen LogP contribution in [0.15, 0.2) is 66.7 Å². The van der Waals surface area contributed by atoms with Crippen molar-refractivity contribution in [3.8, 4) is 11.5 Å². The van der Waals surface area contributed by atoms with Gasteiger partial charge in [-0.2, -0.15) is 0 Å². The van der Waals surface area contributed by atoms with Gasteiger partial charge in [-0.05, 0) is 108 Å². The molecule has 0 spiro atoms. The van der Waals surface area contributed by atoms with Crippen LogP contribution in [0.4, 0.5) is 5.69 Å². The highest BCUT2D eigenvalue weighted by Crippen LogP contribution is 2.18. The number of hydrogen-bond acceptors (Lipinski definition) is 6. The molecule has 0 unspecified atom stereocenters. The Morgan fingerprint density at radius 2 is 1.29 bits per heavy atom. The maximum absolute atomic E-state index is 10.5. The molecular formula is C31H45N3O4. The van der Waals surface area contributed by atoms with Crippen LogP contribution >= 0.6 is 0 Å². The molecular weight excluding hydrogens is 478 g/mol. The number of likely N-dealkylation sites (tertiary alicyclic amines) is 1. The van der Waals surface area contributed by atoms with Crippen molar-refractivity contribution in [2.75, 3.05) is 52.5 Å². The third-order valence-electron chi connectivity index (χ3n) is 6.91. The first-order valence-electron chi connectivity index (χ1n) is 14.4. The minimum Gasteiger partial charge on any atom is -0.494 e. The summed E-state index contributed by atoms with van der Waals surface area (Å²) in [6.45, 7) is 8.85. The highest BCUT2D eigenvalue weighted by molar-refractivity contribution is 5.35. The summed E-state index contributed by atoms with van der Waals surface area (Å²) in [6.07, 6.45) is 15.6. The summed E-state index contributed by atoms with van der Waals surface area (Å²) in [7, 11) is 0. The quantitative estimate of drug-likeness (QED) is 0.111. The molecule has 2 aliphatic heterocycles. The molecule has 2 aromatic rings. The van der Waals surface area contributed by atoms with Crippen molar-refractivity contribution >= 4 is 5.69 Å². The third kappa shape index (κ3) is 12.6. The fraction of sp³-hybridized carbons (Fsp3) is 0.548. The number of nitro groups is 1. The Hall–Kier alpha value is -2.90. The second-order valence-electron chi connectivity index (χ2n) is 9.99. The topological polar surface area (TPSA) is 68.1 Å². The lowest BCUT2D eigenvalue weighted by atomic mass is 10.2. The number of rotatable bonds is 15. The van der Waals surface area contributed by atoms with Crippen LogP contribution in [0.5, 0.6) is 11.5 Å².